The van der Waals surface area contributed by atoms with Gasteiger partial charge in [0.25, 0.3) is 0 Å². The number of thioether (sulfide) groups is 1. The summed E-state index contributed by atoms with van der Waals surface area (Å²) in [5.74, 6) is 0.273. The van der Waals surface area contributed by atoms with Crippen LogP contribution in [0.5, 0.6) is 0 Å². The minimum absolute atomic E-state index is 0.0823. The highest BCUT2D eigenvalue weighted by atomic mass is 35.5. The molecule has 0 radical (unpaired) electrons. The van der Waals surface area contributed by atoms with Crippen LogP contribution in [-0.2, 0) is 10.3 Å². The van der Waals surface area contributed by atoms with Crippen LogP contribution in [-0.4, -0.2) is 15.9 Å². The van der Waals surface area contributed by atoms with E-state index in [4.69, 9.17) is 28.2 Å². The SMILES string of the molecule is CC(=O)C1=C(C(C)C)N2C(=NC(C)(c3ccc(Cl)cc3)C2c2ccc(Cl)cc2)S1. The fraction of sp³-hybridized carbons (Fsp3) is 0.304. The maximum absolute atomic E-state index is 12.4. The highest BCUT2D eigenvalue weighted by molar-refractivity contribution is 8.18. The predicted octanol–water partition coefficient (Wildman–Crippen LogP) is 6.82. The van der Waals surface area contributed by atoms with Gasteiger partial charge in [0.1, 0.15) is 5.54 Å². The van der Waals surface area contributed by atoms with Gasteiger partial charge in [-0.25, -0.2) is 4.99 Å². The van der Waals surface area contributed by atoms with Gasteiger partial charge in [-0.05, 0) is 66.9 Å². The minimum Gasteiger partial charge on any atom is -0.313 e. The number of carbonyl (C=O) groups is 1. The van der Waals surface area contributed by atoms with Gasteiger partial charge in [0.2, 0.25) is 0 Å². The topological polar surface area (TPSA) is 32.7 Å². The van der Waals surface area contributed by atoms with Crippen LogP contribution in [0.2, 0.25) is 10.0 Å². The number of halogens is 2. The van der Waals surface area contributed by atoms with Crippen LogP contribution in [0.15, 0.2) is 64.1 Å². The smallest absolute Gasteiger partial charge is 0.170 e. The Balaban J connectivity index is 1.92. The van der Waals surface area contributed by atoms with Crippen LogP contribution < -0.4 is 0 Å². The van der Waals surface area contributed by atoms with Crippen molar-refractivity contribution in [2.45, 2.75) is 39.3 Å². The lowest BCUT2D eigenvalue weighted by atomic mass is 9.81. The van der Waals surface area contributed by atoms with Gasteiger partial charge >= 0.3 is 0 Å². The number of allylic oxidation sites excluding steroid dienone is 2. The molecule has 2 aliphatic rings. The van der Waals surface area contributed by atoms with Crippen molar-refractivity contribution in [1.29, 1.82) is 0 Å². The van der Waals surface area contributed by atoms with Gasteiger partial charge in [-0.1, -0.05) is 61.3 Å². The van der Waals surface area contributed by atoms with Crippen molar-refractivity contribution in [1.82, 2.24) is 4.90 Å². The summed E-state index contributed by atoms with van der Waals surface area (Å²) < 4.78 is 0. The lowest BCUT2D eigenvalue weighted by Gasteiger charge is -2.37. The quantitative estimate of drug-likeness (QED) is 0.517. The molecule has 4 rings (SSSR count). The van der Waals surface area contributed by atoms with E-state index in [1.807, 2.05) is 48.5 Å². The molecule has 0 saturated heterocycles. The Morgan fingerprint density at radius 2 is 1.62 bits per heavy atom. The van der Waals surface area contributed by atoms with E-state index < -0.39 is 5.54 Å². The Kier molecular flexibility index (Phi) is 5.30. The average Bonchev–Trinajstić information content (AvgIpc) is 3.16. The molecule has 3 nitrogen and oxygen atoms in total. The molecule has 0 amide bonds. The zero-order valence-electron chi connectivity index (χ0n) is 16.7. The van der Waals surface area contributed by atoms with Gasteiger partial charge < -0.3 is 4.90 Å². The predicted molar refractivity (Wildman–Crippen MR) is 122 cm³/mol. The van der Waals surface area contributed by atoms with Crippen molar-refractivity contribution in [2.24, 2.45) is 10.9 Å². The zero-order chi connectivity index (χ0) is 20.9. The van der Waals surface area contributed by atoms with Crippen LogP contribution >= 0.6 is 35.0 Å². The molecule has 2 heterocycles. The van der Waals surface area contributed by atoms with Gasteiger partial charge in [-0.3, -0.25) is 4.79 Å². The third-order valence-corrected chi connectivity index (χ3v) is 7.17. The highest BCUT2D eigenvalue weighted by Crippen LogP contribution is 2.56. The number of rotatable bonds is 4. The largest absolute Gasteiger partial charge is 0.313 e. The van der Waals surface area contributed by atoms with E-state index in [1.54, 1.807) is 6.92 Å². The molecule has 2 unspecified atom stereocenters. The first-order valence-electron chi connectivity index (χ1n) is 9.56. The average molecular weight is 445 g/mol. The van der Waals surface area contributed by atoms with Crippen molar-refractivity contribution in [2.75, 3.05) is 0 Å². The van der Waals surface area contributed by atoms with Gasteiger partial charge in [0, 0.05) is 15.7 Å². The number of nitrogens with zero attached hydrogens (tertiary/aromatic N) is 2. The Morgan fingerprint density at radius 1 is 1.07 bits per heavy atom. The first kappa shape index (κ1) is 20.5. The number of benzene rings is 2. The summed E-state index contributed by atoms with van der Waals surface area (Å²) in [5, 5.41) is 2.26. The number of hydrogen-bond acceptors (Lipinski definition) is 4. The van der Waals surface area contributed by atoms with E-state index in [1.165, 1.54) is 11.8 Å². The first-order chi connectivity index (χ1) is 13.7. The summed E-state index contributed by atoms with van der Waals surface area (Å²) >= 11 is 13.8. The zero-order valence-corrected chi connectivity index (χ0v) is 19.1. The molecule has 2 atom stereocenters. The first-order valence-corrected chi connectivity index (χ1v) is 11.1. The lowest BCUT2D eigenvalue weighted by molar-refractivity contribution is -0.113. The molecule has 0 fully saturated rings. The van der Waals surface area contributed by atoms with E-state index in [-0.39, 0.29) is 17.7 Å². The summed E-state index contributed by atoms with van der Waals surface area (Å²) in [4.78, 5) is 20.6. The second-order valence-electron chi connectivity index (χ2n) is 7.90. The van der Waals surface area contributed by atoms with E-state index in [0.717, 1.165) is 26.9 Å². The number of hydrogen-bond donors (Lipinski definition) is 0. The third kappa shape index (κ3) is 3.41. The molecule has 0 aromatic heterocycles. The molecule has 0 spiro atoms. The van der Waals surface area contributed by atoms with Crippen molar-refractivity contribution in [3.05, 3.63) is 80.3 Å². The van der Waals surface area contributed by atoms with Crippen LogP contribution in [0, 0.1) is 5.92 Å². The molecular formula is C23H22Cl2N2OS. The summed E-state index contributed by atoms with van der Waals surface area (Å²) in [6.45, 7) is 8.02. The normalized spacial score (nSPS) is 23.6. The van der Waals surface area contributed by atoms with Crippen molar-refractivity contribution >= 4 is 45.9 Å². The number of ketones is 1. The number of amidine groups is 1. The highest BCUT2D eigenvalue weighted by Gasteiger charge is 2.52. The fourth-order valence-corrected chi connectivity index (χ4v) is 5.72. The van der Waals surface area contributed by atoms with Crippen molar-refractivity contribution < 1.29 is 4.79 Å². The maximum Gasteiger partial charge on any atom is 0.170 e. The minimum atomic E-state index is -0.525. The Labute approximate surface area is 185 Å². The molecule has 2 aromatic carbocycles. The molecule has 0 saturated carbocycles. The molecule has 0 N–H and O–H groups in total. The van der Waals surface area contributed by atoms with Gasteiger partial charge in [-0.2, -0.15) is 0 Å². The summed E-state index contributed by atoms with van der Waals surface area (Å²) in [6.07, 6.45) is 0. The molecule has 6 heteroatoms. The second kappa shape index (κ2) is 7.50. The third-order valence-electron chi connectivity index (χ3n) is 5.49. The second-order valence-corrected chi connectivity index (χ2v) is 9.75. The lowest BCUT2D eigenvalue weighted by Crippen LogP contribution is -2.36. The summed E-state index contributed by atoms with van der Waals surface area (Å²) in [6, 6.07) is 15.7. The van der Waals surface area contributed by atoms with Crippen LogP contribution in [0.25, 0.3) is 0 Å². The number of carbonyl (C=O) groups excluding carboxylic acids is 1. The van der Waals surface area contributed by atoms with E-state index in [9.17, 15) is 4.79 Å². The van der Waals surface area contributed by atoms with E-state index in [2.05, 4.69) is 25.7 Å². The van der Waals surface area contributed by atoms with Crippen molar-refractivity contribution in [3.63, 3.8) is 0 Å². The Hall–Kier alpha value is -1.75. The fourth-order valence-electron chi connectivity index (χ4n) is 4.16. The molecule has 0 bridgehead atoms. The van der Waals surface area contributed by atoms with Gasteiger partial charge in [-0.15, -0.1) is 0 Å². The van der Waals surface area contributed by atoms with Crippen LogP contribution in [0.4, 0.5) is 0 Å². The van der Waals surface area contributed by atoms with Crippen molar-refractivity contribution in [3.8, 4) is 0 Å². The Morgan fingerprint density at radius 3 is 2.14 bits per heavy atom. The van der Waals surface area contributed by atoms with E-state index >= 15 is 0 Å². The summed E-state index contributed by atoms with van der Waals surface area (Å²) in [7, 11) is 0. The standard InChI is InChI=1S/C23H22Cl2N2OS/c1-13(2)19-20(14(3)28)29-22-26-23(4,16-7-11-18(25)12-8-16)21(27(19)22)15-5-9-17(24)10-6-15/h5-13,21H,1-4H3. The monoisotopic (exact) mass is 444 g/mol. The van der Waals surface area contributed by atoms with E-state index in [0.29, 0.717) is 10.0 Å². The van der Waals surface area contributed by atoms with Crippen LogP contribution in [0.1, 0.15) is 44.9 Å². The van der Waals surface area contributed by atoms with Crippen LogP contribution in [0.3, 0.4) is 0 Å². The molecular weight excluding hydrogens is 423 g/mol. The molecule has 2 aromatic rings. The Bertz CT molecular complexity index is 1030. The maximum atomic E-state index is 12.4. The molecule has 0 aliphatic carbocycles. The van der Waals surface area contributed by atoms with Gasteiger partial charge in [0.05, 0.1) is 10.9 Å². The summed E-state index contributed by atoms with van der Waals surface area (Å²) in [5.41, 5.74) is 2.70. The molecule has 29 heavy (non-hydrogen) atoms. The molecule has 2 aliphatic heterocycles. The van der Waals surface area contributed by atoms with Gasteiger partial charge in [0.15, 0.2) is 11.0 Å². The molecule has 150 valence electrons. The number of aliphatic imine (C=N–C) groups is 1. The number of Topliss-reactive ketones (excluding diaryl/α,β-unsaturated/α-hetero) is 1. The number of fused-ring (bicyclic) bond motifs is 1.